The van der Waals surface area contributed by atoms with E-state index in [2.05, 4.69) is 0 Å². The van der Waals surface area contributed by atoms with Gasteiger partial charge in [0.05, 0.1) is 5.02 Å². The van der Waals surface area contributed by atoms with Gasteiger partial charge in [-0.05, 0) is 31.0 Å². The van der Waals surface area contributed by atoms with E-state index in [0.717, 1.165) is 18.2 Å². The monoisotopic (exact) mass is 320 g/mol. The lowest BCUT2D eigenvalue weighted by atomic mass is 9.98. The Morgan fingerprint density at radius 2 is 1.95 bits per heavy atom. The van der Waals surface area contributed by atoms with Crippen molar-refractivity contribution in [3.63, 3.8) is 0 Å². The predicted molar refractivity (Wildman–Crippen MR) is 72.1 cm³/mol. The van der Waals surface area contributed by atoms with E-state index in [1.54, 1.807) is 0 Å². The van der Waals surface area contributed by atoms with E-state index in [9.17, 15) is 17.6 Å². The van der Waals surface area contributed by atoms with Gasteiger partial charge in [0.2, 0.25) is 15.9 Å². The molecule has 110 valence electrons. The van der Waals surface area contributed by atoms with Crippen LogP contribution < -0.4 is 5.73 Å². The van der Waals surface area contributed by atoms with Gasteiger partial charge < -0.3 is 5.73 Å². The van der Waals surface area contributed by atoms with Crippen LogP contribution in [0.2, 0.25) is 5.02 Å². The SMILES string of the molecule is NC(=O)C1CCN(S(=O)(=O)c2ccc(F)cc2Cl)CC1. The number of primary amides is 1. The van der Waals surface area contributed by atoms with Crippen molar-refractivity contribution in [2.45, 2.75) is 17.7 Å². The molecule has 0 unspecified atom stereocenters. The number of halogens is 2. The molecular formula is C12H14ClFN2O3S. The standard InChI is InChI=1S/C12H14ClFN2O3S/c13-10-7-9(14)1-2-11(10)20(18,19)16-5-3-8(4-6-16)12(15)17/h1-2,7-8H,3-6H2,(H2,15,17). The fourth-order valence-electron chi connectivity index (χ4n) is 2.20. The first-order valence-electron chi connectivity index (χ1n) is 6.07. The van der Waals surface area contributed by atoms with Gasteiger partial charge in [-0.25, -0.2) is 12.8 Å². The number of carbonyl (C=O) groups is 1. The second-order valence-electron chi connectivity index (χ2n) is 4.66. The zero-order valence-electron chi connectivity index (χ0n) is 10.6. The zero-order valence-corrected chi connectivity index (χ0v) is 12.1. The number of sulfonamides is 1. The smallest absolute Gasteiger partial charge is 0.244 e. The molecule has 0 spiro atoms. The first kappa shape index (κ1) is 15.2. The molecule has 1 amide bonds. The van der Waals surface area contributed by atoms with Crippen LogP contribution in [-0.4, -0.2) is 31.7 Å². The van der Waals surface area contributed by atoms with Gasteiger partial charge in [0.25, 0.3) is 0 Å². The Bertz CT molecular complexity index is 628. The Morgan fingerprint density at radius 3 is 2.45 bits per heavy atom. The Hall–Kier alpha value is -1.18. The molecule has 1 aliphatic heterocycles. The fourth-order valence-corrected chi connectivity index (χ4v) is 4.18. The summed E-state index contributed by atoms with van der Waals surface area (Å²) in [7, 11) is -3.78. The topological polar surface area (TPSA) is 80.5 Å². The molecule has 0 aromatic heterocycles. The maximum absolute atomic E-state index is 13.0. The second kappa shape index (κ2) is 5.67. The molecule has 1 aromatic rings. The van der Waals surface area contributed by atoms with E-state index in [1.165, 1.54) is 4.31 Å². The quantitative estimate of drug-likeness (QED) is 0.913. The molecule has 1 aromatic carbocycles. The first-order valence-corrected chi connectivity index (χ1v) is 7.88. The molecule has 2 rings (SSSR count). The van der Waals surface area contributed by atoms with Crippen molar-refractivity contribution >= 4 is 27.5 Å². The summed E-state index contributed by atoms with van der Waals surface area (Å²) in [5.41, 5.74) is 5.20. The van der Waals surface area contributed by atoms with Crippen LogP contribution in [-0.2, 0) is 14.8 Å². The number of amides is 1. The van der Waals surface area contributed by atoms with Crippen LogP contribution in [0.15, 0.2) is 23.1 Å². The van der Waals surface area contributed by atoms with Crippen LogP contribution >= 0.6 is 11.6 Å². The minimum absolute atomic E-state index is 0.127. The summed E-state index contributed by atoms with van der Waals surface area (Å²) in [6.07, 6.45) is 0.765. The van der Waals surface area contributed by atoms with Gasteiger partial charge in [-0.15, -0.1) is 0 Å². The zero-order chi connectivity index (χ0) is 14.9. The van der Waals surface area contributed by atoms with E-state index in [-0.39, 0.29) is 28.9 Å². The van der Waals surface area contributed by atoms with Gasteiger partial charge in [0, 0.05) is 19.0 Å². The van der Waals surface area contributed by atoms with Gasteiger partial charge in [-0.2, -0.15) is 4.31 Å². The summed E-state index contributed by atoms with van der Waals surface area (Å²) in [6.45, 7) is 0.396. The number of carbonyl (C=O) groups excluding carboxylic acids is 1. The maximum Gasteiger partial charge on any atom is 0.244 e. The number of nitrogens with two attached hydrogens (primary N) is 1. The minimum atomic E-state index is -3.78. The predicted octanol–water partition coefficient (Wildman–Crippen LogP) is 1.37. The molecule has 0 bridgehead atoms. The van der Waals surface area contributed by atoms with Gasteiger partial charge in [-0.3, -0.25) is 4.79 Å². The highest BCUT2D eigenvalue weighted by molar-refractivity contribution is 7.89. The summed E-state index contributed by atoms with van der Waals surface area (Å²) in [4.78, 5) is 10.9. The Morgan fingerprint density at radius 1 is 1.35 bits per heavy atom. The summed E-state index contributed by atoms with van der Waals surface area (Å²) in [6, 6.07) is 3.16. The van der Waals surface area contributed by atoms with E-state index in [0.29, 0.717) is 12.8 Å². The Kier molecular flexibility index (Phi) is 4.31. The molecule has 0 radical (unpaired) electrons. The lowest BCUT2D eigenvalue weighted by molar-refractivity contribution is -0.122. The highest BCUT2D eigenvalue weighted by Gasteiger charge is 2.32. The number of rotatable bonds is 3. The van der Waals surface area contributed by atoms with Gasteiger partial charge >= 0.3 is 0 Å². The number of benzene rings is 1. The third-order valence-corrected chi connectivity index (χ3v) is 5.75. The molecule has 1 fully saturated rings. The van der Waals surface area contributed by atoms with Crippen molar-refractivity contribution in [2.24, 2.45) is 11.7 Å². The van der Waals surface area contributed by atoms with E-state index >= 15 is 0 Å². The van der Waals surface area contributed by atoms with Crippen molar-refractivity contribution in [2.75, 3.05) is 13.1 Å². The molecule has 2 N–H and O–H groups in total. The average molecular weight is 321 g/mol. The van der Waals surface area contributed by atoms with Crippen LogP contribution in [0.1, 0.15) is 12.8 Å². The highest BCUT2D eigenvalue weighted by atomic mass is 35.5. The lowest BCUT2D eigenvalue weighted by Gasteiger charge is -2.29. The molecule has 0 atom stereocenters. The van der Waals surface area contributed by atoms with Gasteiger partial charge in [0.15, 0.2) is 0 Å². The molecule has 5 nitrogen and oxygen atoms in total. The third kappa shape index (κ3) is 2.94. The van der Waals surface area contributed by atoms with Crippen LogP contribution in [0, 0.1) is 11.7 Å². The summed E-state index contributed by atoms with van der Waals surface area (Å²) < 4.78 is 39.0. The molecule has 0 aliphatic carbocycles. The molecule has 8 heteroatoms. The normalized spacial score (nSPS) is 18.1. The minimum Gasteiger partial charge on any atom is -0.369 e. The van der Waals surface area contributed by atoms with Crippen molar-refractivity contribution in [3.05, 3.63) is 29.0 Å². The number of hydrogen-bond acceptors (Lipinski definition) is 3. The van der Waals surface area contributed by atoms with Gasteiger partial charge in [-0.1, -0.05) is 11.6 Å². The first-order chi connectivity index (χ1) is 9.32. The van der Waals surface area contributed by atoms with Crippen molar-refractivity contribution < 1.29 is 17.6 Å². The molecule has 0 saturated carbocycles. The van der Waals surface area contributed by atoms with Gasteiger partial charge in [0.1, 0.15) is 10.7 Å². The summed E-state index contributed by atoms with van der Waals surface area (Å²) in [5, 5.41) is -0.151. The van der Waals surface area contributed by atoms with Crippen LogP contribution in [0.4, 0.5) is 4.39 Å². The lowest BCUT2D eigenvalue weighted by Crippen LogP contribution is -2.41. The highest BCUT2D eigenvalue weighted by Crippen LogP contribution is 2.28. The molecule has 1 heterocycles. The van der Waals surface area contributed by atoms with Crippen LogP contribution in [0.3, 0.4) is 0 Å². The Labute approximate surface area is 121 Å². The maximum atomic E-state index is 13.0. The van der Waals surface area contributed by atoms with E-state index < -0.39 is 21.7 Å². The number of piperidine rings is 1. The van der Waals surface area contributed by atoms with Crippen molar-refractivity contribution in [3.8, 4) is 0 Å². The van der Waals surface area contributed by atoms with Crippen LogP contribution in [0.25, 0.3) is 0 Å². The molecule has 20 heavy (non-hydrogen) atoms. The summed E-state index contributed by atoms with van der Waals surface area (Å²) >= 11 is 5.79. The molecular weight excluding hydrogens is 307 g/mol. The fraction of sp³-hybridized carbons (Fsp3) is 0.417. The van der Waals surface area contributed by atoms with Crippen molar-refractivity contribution in [1.82, 2.24) is 4.31 Å². The van der Waals surface area contributed by atoms with E-state index in [1.807, 2.05) is 0 Å². The van der Waals surface area contributed by atoms with Crippen molar-refractivity contribution in [1.29, 1.82) is 0 Å². The second-order valence-corrected chi connectivity index (χ2v) is 6.97. The van der Waals surface area contributed by atoms with E-state index in [4.69, 9.17) is 17.3 Å². The third-order valence-electron chi connectivity index (χ3n) is 3.37. The average Bonchev–Trinajstić information content (AvgIpc) is 2.38. The number of hydrogen-bond donors (Lipinski definition) is 1. The largest absolute Gasteiger partial charge is 0.369 e. The number of nitrogens with zero attached hydrogens (tertiary/aromatic N) is 1. The molecule has 1 aliphatic rings. The summed E-state index contributed by atoms with van der Waals surface area (Å²) in [5.74, 6) is -1.31. The Balaban J connectivity index is 2.22. The van der Waals surface area contributed by atoms with Crippen LogP contribution in [0.5, 0.6) is 0 Å². The molecule has 1 saturated heterocycles.